The molecule has 1 aromatic rings. The molecule has 0 aliphatic rings. The molecule has 0 radical (unpaired) electrons. The predicted molar refractivity (Wildman–Crippen MR) is 104 cm³/mol. The van der Waals surface area contributed by atoms with Crippen LogP contribution in [0.5, 0.6) is 0 Å². The van der Waals surface area contributed by atoms with Crippen LogP contribution < -0.4 is 0 Å². The molecule has 0 spiro atoms. The van der Waals surface area contributed by atoms with Gasteiger partial charge in [0.05, 0.1) is 59.4 Å². The van der Waals surface area contributed by atoms with Crippen LogP contribution in [0.1, 0.15) is 36.8 Å². The summed E-state index contributed by atoms with van der Waals surface area (Å²) >= 11 is 0. The largest absolute Gasteiger partial charge is 0.374 e. The normalized spacial score (nSPS) is 15.7. The second-order valence-corrected chi connectivity index (χ2v) is 9.82. The van der Waals surface area contributed by atoms with Crippen LogP contribution in [-0.4, -0.2) is 74.3 Å². The van der Waals surface area contributed by atoms with E-state index >= 15 is 0 Å². The van der Waals surface area contributed by atoms with Crippen molar-refractivity contribution in [2.24, 2.45) is 0 Å². The van der Waals surface area contributed by atoms with Gasteiger partial charge in [0.1, 0.15) is 11.9 Å². The van der Waals surface area contributed by atoms with E-state index in [0.717, 1.165) is 29.9 Å². The summed E-state index contributed by atoms with van der Waals surface area (Å²) in [5, 5.41) is 3.90. The summed E-state index contributed by atoms with van der Waals surface area (Å²) in [6, 6.07) is 0. The minimum absolute atomic E-state index is 0.0240. The first-order valence-corrected chi connectivity index (χ1v) is 11.2. The van der Waals surface area contributed by atoms with Crippen molar-refractivity contribution in [2.75, 3.05) is 53.7 Å². The van der Waals surface area contributed by atoms with Gasteiger partial charge in [0.15, 0.2) is 0 Å². The topological polar surface area (TPSA) is 91.0 Å². The fourth-order valence-corrected chi connectivity index (χ4v) is 3.61. The lowest BCUT2D eigenvalue weighted by molar-refractivity contribution is -0.867. The van der Waals surface area contributed by atoms with Gasteiger partial charge in [-0.3, -0.25) is 4.57 Å². The summed E-state index contributed by atoms with van der Waals surface area (Å²) in [4.78, 5) is 10.1. The first-order valence-electron chi connectivity index (χ1n) is 9.42. The number of hydrogen-bond donors (Lipinski definition) is 1. The molecule has 2 unspecified atom stereocenters. The van der Waals surface area contributed by atoms with Gasteiger partial charge in [-0.2, -0.15) is 0 Å². The SMILES string of the molecule is CCCCOC(COCc1c(C)noc1C)COP(=O)(O)CC[N+](C)(C)C. The fourth-order valence-electron chi connectivity index (χ4n) is 2.23. The van der Waals surface area contributed by atoms with Crippen LogP contribution in [-0.2, 0) is 25.2 Å². The first kappa shape index (κ1) is 24.3. The summed E-state index contributed by atoms with van der Waals surface area (Å²) in [7, 11) is 2.26. The molecule has 0 fully saturated rings. The Labute approximate surface area is 162 Å². The molecule has 27 heavy (non-hydrogen) atoms. The van der Waals surface area contributed by atoms with E-state index in [1.807, 2.05) is 35.0 Å². The van der Waals surface area contributed by atoms with Crippen LogP contribution in [0.2, 0.25) is 0 Å². The summed E-state index contributed by atoms with van der Waals surface area (Å²) in [6.07, 6.45) is 1.63. The van der Waals surface area contributed by atoms with Crippen LogP contribution >= 0.6 is 7.60 Å². The van der Waals surface area contributed by atoms with Crippen molar-refractivity contribution in [3.63, 3.8) is 0 Å². The molecule has 8 nitrogen and oxygen atoms in total. The zero-order valence-corrected chi connectivity index (χ0v) is 18.5. The van der Waals surface area contributed by atoms with Crippen LogP contribution in [0.15, 0.2) is 4.52 Å². The van der Waals surface area contributed by atoms with Gasteiger partial charge in [-0.15, -0.1) is 0 Å². The van der Waals surface area contributed by atoms with E-state index < -0.39 is 13.7 Å². The summed E-state index contributed by atoms with van der Waals surface area (Å²) in [5.74, 6) is 0.729. The van der Waals surface area contributed by atoms with Crippen molar-refractivity contribution in [2.45, 2.75) is 46.3 Å². The van der Waals surface area contributed by atoms with E-state index in [1.54, 1.807) is 0 Å². The lowest BCUT2D eigenvalue weighted by atomic mass is 10.2. The predicted octanol–water partition coefficient (Wildman–Crippen LogP) is 2.90. The van der Waals surface area contributed by atoms with E-state index in [2.05, 4.69) is 12.1 Å². The Balaban J connectivity index is 2.51. The maximum Gasteiger partial charge on any atom is 0.333 e. The summed E-state index contributed by atoms with van der Waals surface area (Å²) in [6.45, 7) is 7.55. The molecule has 0 saturated heterocycles. The third-order valence-corrected chi connectivity index (χ3v) is 5.42. The van der Waals surface area contributed by atoms with Crippen LogP contribution in [0, 0.1) is 13.8 Å². The van der Waals surface area contributed by atoms with Crippen molar-refractivity contribution in [1.82, 2.24) is 5.16 Å². The van der Waals surface area contributed by atoms with E-state index in [0.29, 0.717) is 24.2 Å². The molecule has 0 saturated carbocycles. The highest BCUT2D eigenvalue weighted by molar-refractivity contribution is 7.52. The molecule has 0 aromatic carbocycles. The van der Waals surface area contributed by atoms with Gasteiger partial charge in [0.2, 0.25) is 0 Å². The van der Waals surface area contributed by atoms with Gasteiger partial charge >= 0.3 is 7.60 Å². The van der Waals surface area contributed by atoms with Crippen LogP contribution in [0.25, 0.3) is 0 Å². The second-order valence-electron chi connectivity index (χ2n) is 7.83. The molecule has 9 heteroatoms. The number of hydrogen-bond acceptors (Lipinski definition) is 6. The molecule has 1 aromatic heterocycles. The number of aryl methyl sites for hydroxylation is 2. The third kappa shape index (κ3) is 10.4. The molecule has 1 rings (SSSR count). The third-order valence-electron chi connectivity index (χ3n) is 4.10. The highest BCUT2D eigenvalue weighted by atomic mass is 31.2. The van der Waals surface area contributed by atoms with E-state index in [1.165, 1.54) is 0 Å². The maximum absolute atomic E-state index is 12.3. The second kappa shape index (κ2) is 11.3. The van der Waals surface area contributed by atoms with Gasteiger partial charge in [-0.25, -0.2) is 0 Å². The number of aromatic nitrogens is 1. The van der Waals surface area contributed by atoms with Gasteiger partial charge < -0.3 is 27.9 Å². The number of rotatable bonds is 14. The summed E-state index contributed by atoms with van der Waals surface area (Å²) < 4.78 is 34.8. The Morgan fingerprint density at radius 3 is 2.52 bits per heavy atom. The zero-order valence-electron chi connectivity index (χ0n) is 17.6. The number of unbranched alkanes of at least 4 members (excludes halogenated alkanes) is 1. The molecule has 0 aliphatic heterocycles. The van der Waals surface area contributed by atoms with Gasteiger partial charge in [-0.1, -0.05) is 18.5 Å². The molecule has 1 heterocycles. The average Bonchev–Trinajstić information content (AvgIpc) is 2.89. The van der Waals surface area contributed by atoms with Crippen LogP contribution in [0.3, 0.4) is 0 Å². The standard InChI is InChI=1S/C18H35N2O6P/c1-7-8-10-24-17(12-23-14-18-15(2)19-26-16(18)3)13-25-27(21,22)11-9-20(4,5)6/h17H,7-14H2,1-6H3/p+1. The van der Waals surface area contributed by atoms with Crippen LogP contribution in [0.4, 0.5) is 0 Å². The van der Waals surface area contributed by atoms with Crippen molar-refractivity contribution in [3.8, 4) is 0 Å². The minimum atomic E-state index is -3.65. The molecule has 2 atom stereocenters. The van der Waals surface area contributed by atoms with E-state index in [-0.39, 0.29) is 19.4 Å². The quantitative estimate of drug-likeness (QED) is 0.288. The van der Waals surface area contributed by atoms with Crippen molar-refractivity contribution < 1.29 is 32.5 Å². The Kier molecular flexibility index (Phi) is 10.2. The van der Waals surface area contributed by atoms with E-state index in [9.17, 15) is 9.46 Å². The number of ether oxygens (including phenoxy) is 2. The Hall–Kier alpha value is -0.760. The Bertz CT molecular complexity index is 580. The molecular weight excluding hydrogens is 371 g/mol. The molecular formula is C18H36N2O6P+. The molecule has 0 bridgehead atoms. The van der Waals surface area contributed by atoms with Gasteiger partial charge in [0, 0.05) is 12.2 Å². The lowest BCUT2D eigenvalue weighted by Crippen LogP contribution is -2.37. The van der Waals surface area contributed by atoms with E-state index in [4.69, 9.17) is 18.5 Å². The van der Waals surface area contributed by atoms with Gasteiger partial charge in [0.25, 0.3) is 0 Å². The first-order chi connectivity index (χ1) is 12.5. The number of nitrogens with zero attached hydrogens (tertiary/aromatic N) is 2. The average molecular weight is 407 g/mol. The van der Waals surface area contributed by atoms with Crippen molar-refractivity contribution in [1.29, 1.82) is 0 Å². The lowest BCUT2D eigenvalue weighted by Gasteiger charge is -2.25. The molecule has 1 N–H and O–H groups in total. The smallest absolute Gasteiger partial charge is 0.333 e. The maximum atomic E-state index is 12.3. The minimum Gasteiger partial charge on any atom is -0.374 e. The number of quaternary nitrogens is 1. The van der Waals surface area contributed by atoms with Crippen molar-refractivity contribution in [3.05, 3.63) is 17.0 Å². The fraction of sp³-hybridized carbons (Fsp3) is 0.833. The van der Waals surface area contributed by atoms with Crippen molar-refractivity contribution >= 4 is 7.60 Å². The molecule has 0 amide bonds. The molecule has 0 aliphatic carbocycles. The highest BCUT2D eigenvalue weighted by Crippen LogP contribution is 2.41. The highest BCUT2D eigenvalue weighted by Gasteiger charge is 2.25. The summed E-state index contributed by atoms with van der Waals surface area (Å²) in [5.41, 5.74) is 1.71. The zero-order chi connectivity index (χ0) is 20.5. The Morgan fingerprint density at radius 1 is 1.26 bits per heavy atom. The monoisotopic (exact) mass is 407 g/mol. The molecule has 158 valence electrons. The Morgan fingerprint density at radius 2 is 1.96 bits per heavy atom. The van der Waals surface area contributed by atoms with Gasteiger partial charge in [-0.05, 0) is 20.3 Å².